The molecule has 1 aromatic heterocycles. The Morgan fingerprint density at radius 1 is 1.44 bits per heavy atom. The molecule has 1 atom stereocenters. The standard InChI is InChI=1S/C15H19FN2/c1-2-8-17-14-5-3-4-11-12-9-10(16)6-7-13(12)18-15(11)14/h6-7,9,14,17-18H,2-5,8H2,1H3. The number of H-pyrrole nitrogens is 1. The fourth-order valence-electron chi connectivity index (χ4n) is 2.96. The monoisotopic (exact) mass is 246 g/mol. The second-order valence-corrected chi connectivity index (χ2v) is 5.11. The lowest BCUT2D eigenvalue weighted by molar-refractivity contribution is 0.454. The van der Waals surface area contributed by atoms with Gasteiger partial charge in [-0.05, 0) is 56.0 Å². The number of fused-ring (bicyclic) bond motifs is 3. The molecule has 0 amide bonds. The molecule has 1 heterocycles. The van der Waals surface area contributed by atoms with Crippen molar-refractivity contribution in [2.45, 2.75) is 38.6 Å². The summed E-state index contributed by atoms with van der Waals surface area (Å²) in [6.07, 6.45) is 4.55. The molecule has 2 N–H and O–H groups in total. The zero-order valence-electron chi connectivity index (χ0n) is 10.7. The van der Waals surface area contributed by atoms with E-state index >= 15 is 0 Å². The van der Waals surface area contributed by atoms with Crippen LogP contribution in [0.5, 0.6) is 0 Å². The van der Waals surface area contributed by atoms with Crippen LogP contribution in [-0.2, 0) is 6.42 Å². The molecule has 0 aliphatic heterocycles. The molecule has 2 aromatic rings. The van der Waals surface area contributed by atoms with Gasteiger partial charge in [-0.1, -0.05) is 6.92 Å². The molecule has 18 heavy (non-hydrogen) atoms. The first-order valence-corrected chi connectivity index (χ1v) is 6.83. The van der Waals surface area contributed by atoms with Crippen molar-refractivity contribution in [1.29, 1.82) is 0 Å². The van der Waals surface area contributed by atoms with Gasteiger partial charge >= 0.3 is 0 Å². The number of hydrogen-bond acceptors (Lipinski definition) is 1. The van der Waals surface area contributed by atoms with Crippen LogP contribution in [-0.4, -0.2) is 11.5 Å². The minimum Gasteiger partial charge on any atom is -0.357 e. The van der Waals surface area contributed by atoms with Gasteiger partial charge in [0.15, 0.2) is 0 Å². The van der Waals surface area contributed by atoms with E-state index in [1.165, 1.54) is 30.2 Å². The SMILES string of the molecule is CCCNC1CCCc2c1[nH]c1ccc(F)cc21. The Hall–Kier alpha value is -1.35. The highest BCUT2D eigenvalue weighted by atomic mass is 19.1. The van der Waals surface area contributed by atoms with Gasteiger partial charge in [-0.3, -0.25) is 0 Å². The van der Waals surface area contributed by atoms with Crippen molar-refractivity contribution >= 4 is 10.9 Å². The highest BCUT2D eigenvalue weighted by Crippen LogP contribution is 2.34. The maximum atomic E-state index is 13.4. The largest absolute Gasteiger partial charge is 0.357 e. The van der Waals surface area contributed by atoms with Crippen LogP contribution in [0.25, 0.3) is 10.9 Å². The molecular formula is C15H19FN2. The summed E-state index contributed by atoms with van der Waals surface area (Å²) < 4.78 is 13.4. The van der Waals surface area contributed by atoms with Gasteiger partial charge in [-0.2, -0.15) is 0 Å². The molecule has 1 aromatic carbocycles. The summed E-state index contributed by atoms with van der Waals surface area (Å²) >= 11 is 0. The average Bonchev–Trinajstić information content (AvgIpc) is 2.75. The van der Waals surface area contributed by atoms with Crippen LogP contribution < -0.4 is 5.32 Å². The first kappa shape index (κ1) is 11.7. The van der Waals surface area contributed by atoms with E-state index in [0.29, 0.717) is 6.04 Å². The molecule has 96 valence electrons. The molecule has 3 heteroatoms. The molecule has 1 aliphatic rings. The predicted molar refractivity (Wildman–Crippen MR) is 72.2 cm³/mol. The molecule has 0 saturated heterocycles. The third-order valence-corrected chi connectivity index (χ3v) is 3.81. The molecule has 1 unspecified atom stereocenters. The summed E-state index contributed by atoms with van der Waals surface area (Å²) in [7, 11) is 0. The van der Waals surface area contributed by atoms with Crippen LogP contribution in [0.1, 0.15) is 43.5 Å². The second kappa shape index (κ2) is 4.73. The van der Waals surface area contributed by atoms with Crippen molar-refractivity contribution in [2.24, 2.45) is 0 Å². The number of hydrogen-bond donors (Lipinski definition) is 2. The number of halogens is 1. The van der Waals surface area contributed by atoms with E-state index in [2.05, 4.69) is 17.2 Å². The zero-order chi connectivity index (χ0) is 12.5. The van der Waals surface area contributed by atoms with Crippen molar-refractivity contribution < 1.29 is 4.39 Å². The van der Waals surface area contributed by atoms with Crippen LogP contribution in [0.15, 0.2) is 18.2 Å². The third-order valence-electron chi connectivity index (χ3n) is 3.81. The fourth-order valence-corrected chi connectivity index (χ4v) is 2.96. The van der Waals surface area contributed by atoms with Crippen molar-refractivity contribution in [2.75, 3.05) is 6.54 Å². The number of aryl methyl sites for hydroxylation is 1. The van der Waals surface area contributed by atoms with Crippen molar-refractivity contribution in [1.82, 2.24) is 10.3 Å². The third kappa shape index (κ3) is 1.93. The lowest BCUT2D eigenvalue weighted by Crippen LogP contribution is -2.25. The van der Waals surface area contributed by atoms with Gasteiger partial charge in [-0.15, -0.1) is 0 Å². The Balaban J connectivity index is 2.04. The Bertz CT molecular complexity index is 559. The smallest absolute Gasteiger partial charge is 0.123 e. The average molecular weight is 246 g/mol. The van der Waals surface area contributed by atoms with Crippen LogP contribution in [0, 0.1) is 5.82 Å². The summed E-state index contributed by atoms with van der Waals surface area (Å²) in [5.74, 6) is -0.145. The number of nitrogens with one attached hydrogen (secondary N) is 2. The Kier molecular flexibility index (Phi) is 3.08. The van der Waals surface area contributed by atoms with Crippen LogP contribution >= 0.6 is 0 Å². The lowest BCUT2D eigenvalue weighted by atomic mass is 9.91. The zero-order valence-corrected chi connectivity index (χ0v) is 10.7. The summed E-state index contributed by atoms with van der Waals surface area (Å²) in [5.41, 5.74) is 3.64. The second-order valence-electron chi connectivity index (χ2n) is 5.11. The maximum absolute atomic E-state index is 13.4. The molecule has 0 fully saturated rings. The minimum atomic E-state index is -0.145. The Morgan fingerprint density at radius 3 is 3.17 bits per heavy atom. The van der Waals surface area contributed by atoms with Gasteiger partial charge in [0.05, 0.1) is 0 Å². The summed E-state index contributed by atoms with van der Waals surface area (Å²) in [6, 6.07) is 5.44. The number of aromatic amines is 1. The molecule has 0 spiro atoms. The molecule has 0 bridgehead atoms. The quantitative estimate of drug-likeness (QED) is 0.849. The molecule has 1 aliphatic carbocycles. The van der Waals surface area contributed by atoms with Crippen LogP contribution in [0.3, 0.4) is 0 Å². The fraction of sp³-hybridized carbons (Fsp3) is 0.467. The van der Waals surface area contributed by atoms with Gasteiger partial charge in [-0.25, -0.2) is 4.39 Å². The molecule has 0 radical (unpaired) electrons. The van der Waals surface area contributed by atoms with Gasteiger partial charge in [0, 0.05) is 22.6 Å². The lowest BCUT2D eigenvalue weighted by Gasteiger charge is -2.23. The predicted octanol–water partition coefficient (Wildman–Crippen LogP) is 3.68. The first-order valence-electron chi connectivity index (χ1n) is 6.83. The van der Waals surface area contributed by atoms with E-state index < -0.39 is 0 Å². The Labute approximate surface area is 107 Å². The molecule has 0 saturated carbocycles. The van der Waals surface area contributed by atoms with Crippen LogP contribution in [0.2, 0.25) is 0 Å². The van der Waals surface area contributed by atoms with Crippen molar-refractivity contribution in [3.05, 3.63) is 35.3 Å². The Morgan fingerprint density at radius 2 is 2.33 bits per heavy atom. The summed E-state index contributed by atoms with van der Waals surface area (Å²) in [4.78, 5) is 3.47. The van der Waals surface area contributed by atoms with E-state index in [1.807, 2.05) is 6.07 Å². The molecular weight excluding hydrogens is 227 g/mol. The van der Waals surface area contributed by atoms with Gasteiger partial charge in [0.25, 0.3) is 0 Å². The van der Waals surface area contributed by atoms with Crippen LogP contribution in [0.4, 0.5) is 4.39 Å². The number of benzene rings is 1. The highest BCUT2D eigenvalue weighted by Gasteiger charge is 2.23. The number of rotatable bonds is 3. The van der Waals surface area contributed by atoms with E-state index in [4.69, 9.17) is 0 Å². The van der Waals surface area contributed by atoms with Crippen molar-refractivity contribution in [3.63, 3.8) is 0 Å². The maximum Gasteiger partial charge on any atom is 0.123 e. The molecule has 3 rings (SSSR count). The normalized spacial score (nSPS) is 19.1. The van der Waals surface area contributed by atoms with E-state index in [-0.39, 0.29) is 5.82 Å². The summed E-state index contributed by atoms with van der Waals surface area (Å²) in [6.45, 7) is 3.21. The van der Waals surface area contributed by atoms with Gasteiger partial charge in [0.2, 0.25) is 0 Å². The first-order chi connectivity index (χ1) is 8.79. The minimum absolute atomic E-state index is 0.145. The van der Waals surface area contributed by atoms with Gasteiger partial charge in [0.1, 0.15) is 5.82 Å². The van der Waals surface area contributed by atoms with Crippen molar-refractivity contribution in [3.8, 4) is 0 Å². The topological polar surface area (TPSA) is 27.8 Å². The highest BCUT2D eigenvalue weighted by molar-refractivity contribution is 5.85. The van der Waals surface area contributed by atoms with E-state index in [0.717, 1.165) is 30.3 Å². The summed E-state index contributed by atoms with van der Waals surface area (Å²) in [5, 5.41) is 4.64. The molecule has 2 nitrogen and oxygen atoms in total. The van der Waals surface area contributed by atoms with Gasteiger partial charge < -0.3 is 10.3 Å². The van der Waals surface area contributed by atoms with E-state index in [9.17, 15) is 4.39 Å². The van der Waals surface area contributed by atoms with E-state index in [1.54, 1.807) is 6.07 Å². The number of aromatic nitrogens is 1.